The molecule has 0 spiro atoms. The molecule has 0 radical (unpaired) electrons. The second kappa shape index (κ2) is 11.2. The van der Waals surface area contributed by atoms with E-state index < -0.39 is 0 Å². The molecule has 1 N–H and O–H groups in total. The van der Waals surface area contributed by atoms with E-state index in [2.05, 4.69) is 34.8 Å². The fourth-order valence-electron chi connectivity index (χ4n) is 2.75. The zero-order valence-corrected chi connectivity index (χ0v) is 18.1. The van der Waals surface area contributed by atoms with Gasteiger partial charge in [0.1, 0.15) is 5.75 Å². The Morgan fingerprint density at radius 3 is 2.20 bits per heavy atom. The minimum Gasteiger partial charge on any atom is -0.491 e. The van der Waals surface area contributed by atoms with Crippen molar-refractivity contribution in [1.29, 1.82) is 0 Å². The Labute approximate surface area is 182 Å². The number of hydrogen-bond donors (Lipinski definition) is 1. The lowest BCUT2D eigenvalue weighted by Gasteiger charge is -2.09. The third-order valence-corrected chi connectivity index (χ3v) is 5.30. The third kappa shape index (κ3) is 7.08. The molecule has 0 aliphatic heterocycles. The number of rotatable bonds is 9. The highest BCUT2D eigenvalue weighted by atomic mass is 32.2. The van der Waals surface area contributed by atoms with Crippen LogP contribution in [0.1, 0.15) is 40.9 Å². The number of amides is 1. The van der Waals surface area contributed by atoms with Gasteiger partial charge in [0, 0.05) is 17.1 Å². The van der Waals surface area contributed by atoms with Crippen LogP contribution in [0.25, 0.3) is 0 Å². The van der Waals surface area contributed by atoms with Crippen molar-refractivity contribution in [2.45, 2.75) is 31.5 Å². The molecule has 3 rings (SSSR count). The molecule has 4 nitrogen and oxygen atoms in total. The second-order valence-electron chi connectivity index (χ2n) is 7.11. The third-order valence-electron chi connectivity index (χ3n) is 4.23. The molecular formula is C25H26N2O2S. The molecule has 0 unspecified atom stereocenters. The molecule has 0 aliphatic rings. The number of thioether (sulfide) groups is 1. The highest BCUT2D eigenvalue weighted by molar-refractivity contribution is 7.97. The molecule has 154 valence electrons. The first-order chi connectivity index (χ1) is 14.6. The van der Waals surface area contributed by atoms with E-state index in [0.29, 0.717) is 5.56 Å². The van der Waals surface area contributed by atoms with E-state index in [-0.39, 0.29) is 12.0 Å². The molecule has 0 fully saturated rings. The Morgan fingerprint density at radius 2 is 1.57 bits per heavy atom. The van der Waals surface area contributed by atoms with Gasteiger partial charge in [0.2, 0.25) is 0 Å². The van der Waals surface area contributed by atoms with Gasteiger partial charge in [-0.1, -0.05) is 42.5 Å². The standard InChI is InChI=1S/C25H26N2O2S/c1-19(2)29-24-14-10-20(11-15-24)16-26-27-25(28)23-12-8-22(9-13-23)18-30-17-21-6-4-3-5-7-21/h3-16,19H,17-18H2,1-2H3,(H,27,28)/b26-16+. The van der Waals surface area contributed by atoms with E-state index in [9.17, 15) is 4.79 Å². The quantitative estimate of drug-likeness (QED) is 0.360. The van der Waals surface area contributed by atoms with Crippen molar-refractivity contribution >= 4 is 23.9 Å². The molecule has 0 heterocycles. The largest absolute Gasteiger partial charge is 0.491 e. The zero-order valence-electron chi connectivity index (χ0n) is 17.2. The monoisotopic (exact) mass is 418 g/mol. The van der Waals surface area contributed by atoms with Crippen molar-refractivity contribution < 1.29 is 9.53 Å². The maximum Gasteiger partial charge on any atom is 0.271 e. The van der Waals surface area contributed by atoms with Gasteiger partial charge >= 0.3 is 0 Å². The van der Waals surface area contributed by atoms with Crippen LogP contribution in [0.4, 0.5) is 0 Å². The van der Waals surface area contributed by atoms with Gasteiger partial charge in [0.05, 0.1) is 12.3 Å². The predicted octanol–water partition coefficient (Wildman–Crippen LogP) is 5.67. The topological polar surface area (TPSA) is 50.7 Å². The minimum atomic E-state index is -0.227. The summed E-state index contributed by atoms with van der Waals surface area (Å²) in [5.74, 6) is 2.47. The van der Waals surface area contributed by atoms with Gasteiger partial charge < -0.3 is 4.74 Å². The first-order valence-electron chi connectivity index (χ1n) is 9.91. The Hall–Kier alpha value is -3.05. The first-order valence-corrected chi connectivity index (χ1v) is 11.1. The summed E-state index contributed by atoms with van der Waals surface area (Å²) in [7, 11) is 0. The summed E-state index contributed by atoms with van der Waals surface area (Å²) in [4.78, 5) is 12.3. The lowest BCUT2D eigenvalue weighted by Crippen LogP contribution is -2.17. The SMILES string of the molecule is CC(C)Oc1ccc(/C=N/NC(=O)c2ccc(CSCc3ccccc3)cc2)cc1. The Morgan fingerprint density at radius 1 is 0.933 bits per heavy atom. The summed E-state index contributed by atoms with van der Waals surface area (Å²) < 4.78 is 5.61. The van der Waals surface area contributed by atoms with Crippen molar-refractivity contribution in [1.82, 2.24) is 5.43 Å². The molecule has 0 aromatic heterocycles. The van der Waals surface area contributed by atoms with Crippen LogP contribution < -0.4 is 10.2 Å². The van der Waals surface area contributed by atoms with Gasteiger partial charge in [0.25, 0.3) is 5.91 Å². The number of hydrazone groups is 1. The maximum atomic E-state index is 12.3. The normalized spacial score (nSPS) is 11.0. The smallest absolute Gasteiger partial charge is 0.271 e. The highest BCUT2D eigenvalue weighted by Crippen LogP contribution is 2.18. The number of hydrogen-bond acceptors (Lipinski definition) is 4. The van der Waals surface area contributed by atoms with E-state index in [0.717, 1.165) is 22.8 Å². The van der Waals surface area contributed by atoms with Gasteiger partial charge in [-0.3, -0.25) is 4.79 Å². The van der Waals surface area contributed by atoms with E-state index >= 15 is 0 Å². The van der Waals surface area contributed by atoms with Crippen LogP contribution in [0.5, 0.6) is 5.75 Å². The summed E-state index contributed by atoms with van der Waals surface area (Å²) in [5, 5.41) is 4.04. The van der Waals surface area contributed by atoms with E-state index in [4.69, 9.17) is 4.74 Å². The first kappa shape index (κ1) is 21.7. The Bertz CT molecular complexity index is 953. The lowest BCUT2D eigenvalue weighted by atomic mass is 10.1. The Kier molecular flexibility index (Phi) is 8.10. The number of ether oxygens (including phenoxy) is 1. The molecule has 0 bridgehead atoms. The van der Waals surface area contributed by atoms with E-state index in [1.165, 1.54) is 11.1 Å². The second-order valence-corrected chi connectivity index (χ2v) is 8.10. The van der Waals surface area contributed by atoms with Crippen LogP contribution >= 0.6 is 11.8 Å². The molecule has 1 amide bonds. The van der Waals surface area contributed by atoms with E-state index in [1.807, 2.05) is 80.2 Å². The minimum absolute atomic E-state index is 0.137. The summed E-state index contributed by atoms with van der Waals surface area (Å²) in [5.41, 5.74) is 6.56. The lowest BCUT2D eigenvalue weighted by molar-refractivity contribution is 0.0955. The molecule has 0 atom stereocenters. The van der Waals surface area contributed by atoms with Crippen molar-refractivity contribution in [2.24, 2.45) is 5.10 Å². The van der Waals surface area contributed by atoms with Gasteiger partial charge in [-0.2, -0.15) is 16.9 Å². The average Bonchev–Trinajstić information content (AvgIpc) is 2.76. The number of carbonyl (C=O) groups excluding carboxylic acids is 1. The molecule has 3 aromatic carbocycles. The number of benzene rings is 3. The molecule has 3 aromatic rings. The van der Waals surface area contributed by atoms with Crippen LogP contribution in [0.3, 0.4) is 0 Å². The molecular weight excluding hydrogens is 392 g/mol. The number of nitrogens with one attached hydrogen (secondary N) is 1. The van der Waals surface area contributed by atoms with Crippen molar-refractivity contribution in [3.05, 3.63) is 101 Å². The molecule has 0 saturated carbocycles. The Balaban J connectivity index is 1.45. The summed E-state index contributed by atoms with van der Waals surface area (Å²) in [6.07, 6.45) is 1.75. The van der Waals surface area contributed by atoms with Crippen LogP contribution in [-0.2, 0) is 11.5 Å². The maximum absolute atomic E-state index is 12.3. The van der Waals surface area contributed by atoms with Crippen molar-refractivity contribution in [3.8, 4) is 5.75 Å². The van der Waals surface area contributed by atoms with Crippen LogP contribution in [0.15, 0.2) is 84.0 Å². The van der Waals surface area contributed by atoms with Gasteiger partial charge in [-0.15, -0.1) is 0 Å². The number of carbonyl (C=O) groups is 1. The fraction of sp³-hybridized carbons (Fsp3) is 0.200. The summed E-state index contributed by atoms with van der Waals surface area (Å²) in [6.45, 7) is 3.97. The zero-order chi connectivity index (χ0) is 21.2. The van der Waals surface area contributed by atoms with Crippen molar-refractivity contribution in [2.75, 3.05) is 0 Å². The average molecular weight is 419 g/mol. The predicted molar refractivity (Wildman–Crippen MR) is 125 cm³/mol. The van der Waals surface area contributed by atoms with Gasteiger partial charge in [-0.25, -0.2) is 5.43 Å². The van der Waals surface area contributed by atoms with Crippen LogP contribution in [-0.4, -0.2) is 18.2 Å². The molecule has 0 aliphatic carbocycles. The molecule has 30 heavy (non-hydrogen) atoms. The number of nitrogens with zero attached hydrogens (tertiary/aromatic N) is 1. The van der Waals surface area contributed by atoms with Gasteiger partial charge in [0.15, 0.2) is 0 Å². The summed E-state index contributed by atoms with van der Waals surface area (Å²) >= 11 is 1.86. The fourth-order valence-corrected chi connectivity index (χ4v) is 3.71. The van der Waals surface area contributed by atoms with Gasteiger partial charge in [-0.05, 0) is 66.9 Å². The van der Waals surface area contributed by atoms with E-state index in [1.54, 1.807) is 6.21 Å². The molecule has 5 heteroatoms. The highest BCUT2D eigenvalue weighted by Gasteiger charge is 2.04. The van der Waals surface area contributed by atoms with Crippen LogP contribution in [0.2, 0.25) is 0 Å². The molecule has 0 saturated heterocycles. The van der Waals surface area contributed by atoms with Crippen molar-refractivity contribution in [3.63, 3.8) is 0 Å². The van der Waals surface area contributed by atoms with Crippen LogP contribution in [0, 0.1) is 0 Å². The summed E-state index contributed by atoms with van der Waals surface area (Å²) in [6, 6.07) is 25.6.